The Morgan fingerprint density at radius 2 is 1.81 bits per heavy atom. The molecule has 1 aliphatic heterocycles. The van der Waals surface area contributed by atoms with E-state index >= 15 is 0 Å². The molecule has 0 saturated carbocycles. The predicted octanol–water partition coefficient (Wildman–Crippen LogP) is 1.67. The lowest BCUT2D eigenvalue weighted by Crippen LogP contribution is -2.59. The van der Waals surface area contributed by atoms with Crippen molar-refractivity contribution in [1.29, 1.82) is 0 Å². The van der Waals surface area contributed by atoms with Crippen LogP contribution < -0.4 is 15.1 Å². The quantitative estimate of drug-likeness (QED) is 0.262. The standard InChI is InChI=1S/C26H34O10/c1-15(9-10-33-20-12-18-17(11-19(20)32-3)7-8-22(28)35-18)5-4-6-16(2)14-34-26-25(31)24(30)23(29)21(13-27)36-26/h6-9,11-12,21,23-27,29-31H,4-5,10,13-14H2,1-3H3/t21-,23-,24+,25-,26-/m1/s1. The summed E-state index contributed by atoms with van der Waals surface area (Å²) in [6.45, 7) is 3.84. The normalized spacial score (nSPS) is 25.2. The number of ether oxygens (including phenoxy) is 4. The molecule has 1 fully saturated rings. The fourth-order valence-corrected chi connectivity index (χ4v) is 3.75. The molecule has 1 aromatic carbocycles. The van der Waals surface area contributed by atoms with Crippen molar-refractivity contribution < 1.29 is 43.8 Å². The minimum Gasteiger partial charge on any atom is -0.493 e. The van der Waals surface area contributed by atoms with Gasteiger partial charge in [-0.25, -0.2) is 4.79 Å². The molecule has 3 rings (SSSR count). The van der Waals surface area contributed by atoms with Gasteiger partial charge in [-0.05, 0) is 44.9 Å². The summed E-state index contributed by atoms with van der Waals surface area (Å²) in [7, 11) is 1.55. The first-order valence-electron chi connectivity index (χ1n) is 11.7. The Kier molecular flexibility index (Phi) is 10.1. The van der Waals surface area contributed by atoms with Crippen molar-refractivity contribution in [2.24, 2.45) is 0 Å². The zero-order valence-electron chi connectivity index (χ0n) is 20.6. The molecule has 10 nitrogen and oxygen atoms in total. The van der Waals surface area contributed by atoms with Crippen LogP contribution in [0, 0.1) is 0 Å². The van der Waals surface area contributed by atoms with Crippen LogP contribution in [0.25, 0.3) is 11.0 Å². The van der Waals surface area contributed by atoms with E-state index in [0.29, 0.717) is 23.7 Å². The summed E-state index contributed by atoms with van der Waals surface area (Å²) in [5.41, 5.74) is 2.00. The topological polar surface area (TPSA) is 148 Å². The molecule has 0 spiro atoms. The zero-order chi connectivity index (χ0) is 26.2. The van der Waals surface area contributed by atoms with Gasteiger partial charge in [0.1, 0.15) is 36.6 Å². The van der Waals surface area contributed by atoms with Crippen molar-refractivity contribution in [3.05, 3.63) is 58.0 Å². The van der Waals surface area contributed by atoms with Gasteiger partial charge in [0.25, 0.3) is 0 Å². The van der Waals surface area contributed by atoms with E-state index in [1.54, 1.807) is 25.3 Å². The molecular formula is C26H34O10. The number of hydrogen-bond donors (Lipinski definition) is 4. The first kappa shape index (κ1) is 27.9. The van der Waals surface area contributed by atoms with Gasteiger partial charge in [0.15, 0.2) is 17.8 Å². The van der Waals surface area contributed by atoms with Crippen molar-refractivity contribution in [3.63, 3.8) is 0 Å². The van der Waals surface area contributed by atoms with Crippen molar-refractivity contribution in [2.45, 2.75) is 57.4 Å². The number of benzene rings is 1. The second kappa shape index (κ2) is 13.0. The maximum absolute atomic E-state index is 11.5. The van der Waals surface area contributed by atoms with Crippen LogP contribution in [0.1, 0.15) is 26.7 Å². The van der Waals surface area contributed by atoms with Gasteiger partial charge in [-0.1, -0.05) is 17.2 Å². The van der Waals surface area contributed by atoms with Gasteiger partial charge in [0.05, 0.1) is 20.3 Å². The molecule has 2 heterocycles. The Labute approximate surface area is 209 Å². The van der Waals surface area contributed by atoms with Gasteiger partial charge < -0.3 is 43.8 Å². The first-order valence-corrected chi connectivity index (χ1v) is 11.7. The molecule has 5 atom stereocenters. The molecule has 1 aliphatic rings. The second-order valence-corrected chi connectivity index (χ2v) is 8.75. The summed E-state index contributed by atoms with van der Waals surface area (Å²) in [6, 6.07) is 6.41. The van der Waals surface area contributed by atoms with E-state index in [4.69, 9.17) is 23.4 Å². The van der Waals surface area contributed by atoms with Crippen LogP contribution in [0.3, 0.4) is 0 Å². The smallest absolute Gasteiger partial charge is 0.336 e. The SMILES string of the molecule is COc1cc2ccc(=O)oc2cc1OCC=C(C)CCC=C(C)CO[C@@H]1O[C@H](CO)[C@@H](O)[C@H](O)[C@H]1O. The maximum Gasteiger partial charge on any atom is 0.336 e. The Hall–Kier alpha value is -2.73. The molecule has 1 saturated heterocycles. The average molecular weight is 507 g/mol. The lowest BCUT2D eigenvalue weighted by atomic mass is 9.99. The van der Waals surface area contributed by atoms with Gasteiger partial charge in [-0.15, -0.1) is 0 Å². The lowest BCUT2D eigenvalue weighted by molar-refractivity contribution is -0.299. The number of methoxy groups -OCH3 is 1. The molecule has 0 unspecified atom stereocenters. The third-order valence-electron chi connectivity index (χ3n) is 5.93. The molecule has 0 aliphatic carbocycles. The van der Waals surface area contributed by atoms with Gasteiger partial charge >= 0.3 is 5.63 Å². The van der Waals surface area contributed by atoms with Crippen LogP contribution in [0.15, 0.2) is 56.8 Å². The molecule has 4 N–H and O–H groups in total. The molecule has 1 aromatic heterocycles. The van der Waals surface area contributed by atoms with Gasteiger partial charge in [-0.3, -0.25) is 0 Å². The van der Waals surface area contributed by atoms with Crippen molar-refractivity contribution in [3.8, 4) is 11.5 Å². The molecule has 0 bridgehead atoms. The number of hydrogen-bond acceptors (Lipinski definition) is 10. The molecule has 0 amide bonds. The number of rotatable bonds is 11. The molecule has 36 heavy (non-hydrogen) atoms. The van der Waals surface area contributed by atoms with Crippen LogP contribution in [0.2, 0.25) is 0 Å². The highest BCUT2D eigenvalue weighted by Gasteiger charge is 2.43. The molecule has 198 valence electrons. The zero-order valence-corrected chi connectivity index (χ0v) is 20.6. The van der Waals surface area contributed by atoms with Crippen LogP contribution in [-0.2, 0) is 9.47 Å². The summed E-state index contributed by atoms with van der Waals surface area (Å²) in [4.78, 5) is 11.5. The number of fused-ring (bicyclic) bond motifs is 1. The van der Waals surface area contributed by atoms with Crippen LogP contribution in [0.5, 0.6) is 11.5 Å². The summed E-state index contributed by atoms with van der Waals surface area (Å²) in [6.07, 6.45) is -0.964. The van der Waals surface area contributed by atoms with E-state index in [-0.39, 0.29) is 6.61 Å². The van der Waals surface area contributed by atoms with Crippen LogP contribution >= 0.6 is 0 Å². The minimum atomic E-state index is -1.46. The van der Waals surface area contributed by atoms with E-state index in [1.165, 1.54) is 6.07 Å². The Morgan fingerprint density at radius 3 is 2.53 bits per heavy atom. The van der Waals surface area contributed by atoms with Crippen molar-refractivity contribution in [2.75, 3.05) is 26.9 Å². The summed E-state index contributed by atoms with van der Waals surface area (Å²) in [5, 5.41) is 39.7. The van der Waals surface area contributed by atoms with Crippen LogP contribution in [-0.4, -0.2) is 78.1 Å². The van der Waals surface area contributed by atoms with E-state index in [0.717, 1.165) is 29.4 Å². The summed E-state index contributed by atoms with van der Waals surface area (Å²) < 4.78 is 27.3. The minimum absolute atomic E-state index is 0.159. The molecular weight excluding hydrogens is 472 g/mol. The predicted molar refractivity (Wildman–Crippen MR) is 131 cm³/mol. The second-order valence-electron chi connectivity index (χ2n) is 8.75. The Morgan fingerprint density at radius 1 is 1.03 bits per heavy atom. The molecule has 10 heteroatoms. The monoisotopic (exact) mass is 506 g/mol. The number of aliphatic hydroxyl groups excluding tert-OH is 4. The summed E-state index contributed by atoms with van der Waals surface area (Å²) >= 11 is 0. The highest BCUT2D eigenvalue weighted by molar-refractivity contribution is 5.80. The van der Waals surface area contributed by atoms with E-state index in [9.17, 15) is 25.2 Å². The van der Waals surface area contributed by atoms with E-state index in [2.05, 4.69) is 0 Å². The van der Waals surface area contributed by atoms with Gasteiger partial charge in [0, 0.05) is 17.5 Å². The third-order valence-corrected chi connectivity index (χ3v) is 5.93. The van der Waals surface area contributed by atoms with Crippen molar-refractivity contribution in [1.82, 2.24) is 0 Å². The maximum atomic E-state index is 11.5. The lowest BCUT2D eigenvalue weighted by Gasteiger charge is -2.39. The average Bonchev–Trinajstić information content (AvgIpc) is 2.86. The van der Waals surface area contributed by atoms with Crippen molar-refractivity contribution >= 4 is 11.0 Å². The first-order chi connectivity index (χ1) is 17.2. The highest BCUT2D eigenvalue weighted by Crippen LogP contribution is 2.32. The fraction of sp³-hybridized carbons (Fsp3) is 0.500. The largest absolute Gasteiger partial charge is 0.493 e. The Bertz CT molecular complexity index is 1120. The van der Waals surface area contributed by atoms with Gasteiger partial charge in [0.2, 0.25) is 0 Å². The van der Waals surface area contributed by atoms with E-state index in [1.807, 2.05) is 26.0 Å². The number of aliphatic hydroxyl groups is 4. The third kappa shape index (κ3) is 7.16. The summed E-state index contributed by atoms with van der Waals surface area (Å²) in [5.74, 6) is 1.02. The number of allylic oxidation sites excluding steroid dienone is 2. The fourth-order valence-electron chi connectivity index (χ4n) is 3.75. The Balaban J connectivity index is 1.47. The van der Waals surface area contributed by atoms with Crippen LogP contribution in [0.4, 0.5) is 0 Å². The molecule has 2 aromatic rings. The van der Waals surface area contributed by atoms with Gasteiger partial charge in [-0.2, -0.15) is 0 Å². The molecule has 0 radical (unpaired) electrons. The highest BCUT2D eigenvalue weighted by atomic mass is 16.7. The van der Waals surface area contributed by atoms with E-state index < -0.39 is 42.9 Å².